The van der Waals surface area contributed by atoms with Crippen molar-refractivity contribution < 1.29 is 19.1 Å². The molecule has 1 aliphatic carbocycles. The van der Waals surface area contributed by atoms with Gasteiger partial charge in [0.2, 0.25) is 5.95 Å². The number of anilines is 1. The van der Waals surface area contributed by atoms with E-state index >= 15 is 0 Å². The van der Waals surface area contributed by atoms with Crippen LogP contribution < -0.4 is 16.0 Å². The number of imide groups is 1. The Labute approximate surface area is 180 Å². The average Bonchev–Trinajstić information content (AvgIpc) is 3.05. The predicted octanol–water partition coefficient (Wildman–Crippen LogP) is 2.02. The first kappa shape index (κ1) is 22.7. The van der Waals surface area contributed by atoms with Crippen molar-refractivity contribution in [3.8, 4) is 0 Å². The number of hydrogen-bond acceptors (Lipinski definition) is 9. The van der Waals surface area contributed by atoms with Gasteiger partial charge in [0.05, 0.1) is 30.4 Å². The van der Waals surface area contributed by atoms with Crippen LogP contribution in [0.2, 0.25) is 0 Å². The summed E-state index contributed by atoms with van der Waals surface area (Å²) < 4.78 is 10.4. The van der Waals surface area contributed by atoms with Gasteiger partial charge in [-0.05, 0) is 62.1 Å². The highest BCUT2D eigenvalue weighted by Gasteiger charge is 2.25. The van der Waals surface area contributed by atoms with E-state index in [1.807, 2.05) is 0 Å². The maximum atomic E-state index is 11.7. The van der Waals surface area contributed by atoms with E-state index in [1.165, 1.54) is 0 Å². The van der Waals surface area contributed by atoms with Crippen molar-refractivity contribution in [1.82, 2.24) is 20.6 Å². The number of carbonyl (C=O) groups excluding carboxylic acids is 2. The zero-order valence-electron chi connectivity index (χ0n) is 17.2. The van der Waals surface area contributed by atoms with Crippen molar-refractivity contribution >= 4 is 34.9 Å². The summed E-state index contributed by atoms with van der Waals surface area (Å²) in [6, 6.07) is 2.06. The molecule has 0 atom stereocenters. The van der Waals surface area contributed by atoms with Crippen LogP contribution in [0, 0.1) is 5.92 Å². The van der Waals surface area contributed by atoms with Crippen LogP contribution in [0.15, 0.2) is 17.2 Å². The number of aromatic nitrogens is 2. The zero-order valence-corrected chi connectivity index (χ0v) is 18.0. The molecule has 2 heterocycles. The topological polar surface area (TPSA) is 114 Å². The summed E-state index contributed by atoms with van der Waals surface area (Å²) in [5.74, 6) is 0.843. The quantitative estimate of drug-likeness (QED) is 0.355. The Balaban J connectivity index is 1.37. The molecule has 1 saturated carbocycles. The van der Waals surface area contributed by atoms with Gasteiger partial charge >= 0.3 is 0 Å². The molecule has 0 aromatic carbocycles. The normalized spacial score (nSPS) is 23.0. The second-order valence-corrected chi connectivity index (χ2v) is 8.34. The minimum atomic E-state index is -0.383. The van der Waals surface area contributed by atoms with Crippen LogP contribution >= 0.6 is 11.8 Å². The van der Waals surface area contributed by atoms with E-state index in [0.29, 0.717) is 48.3 Å². The molecular weight excluding hydrogens is 406 g/mol. The van der Waals surface area contributed by atoms with E-state index in [1.54, 1.807) is 25.4 Å². The average molecular weight is 436 g/mol. The Morgan fingerprint density at radius 3 is 2.80 bits per heavy atom. The first-order valence-corrected chi connectivity index (χ1v) is 11.1. The molecule has 9 nitrogen and oxygen atoms in total. The summed E-state index contributed by atoms with van der Waals surface area (Å²) in [5, 5.41) is 8.76. The minimum absolute atomic E-state index is 0.340. The van der Waals surface area contributed by atoms with Gasteiger partial charge in [-0.3, -0.25) is 14.9 Å². The molecule has 0 bridgehead atoms. The molecular formula is C20H29N5O4S. The number of amides is 2. The van der Waals surface area contributed by atoms with Gasteiger partial charge in [-0.2, -0.15) is 0 Å². The van der Waals surface area contributed by atoms with Crippen molar-refractivity contribution in [2.75, 3.05) is 45.3 Å². The number of nitrogens with zero attached hydrogens (tertiary/aromatic N) is 2. The van der Waals surface area contributed by atoms with Crippen molar-refractivity contribution in [3.05, 3.63) is 22.9 Å². The van der Waals surface area contributed by atoms with Gasteiger partial charge in [-0.25, -0.2) is 9.97 Å². The summed E-state index contributed by atoms with van der Waals surface area (Å²) in [4.78, 5) is 32.1. The van der Waals surface area contributed by atoms with Crippen LogP contribution in [0.5, 0.6) is 0 Å². The number of rotatable bonds is 11. The van der Waals surface area contributed by atoms with Crippen LogP contribution in [0.1, 0.15) is 31.4 Å². The Morgan fingerprint density at radius 2 is 2.07 bits per heavy atom. The van der Waals surface area contributed by atoms with Gasteiger partial charge in [0, 0.05) is 25.9 Å². The van der Waals surface area contributed by atoms with Crippen LogP contribution in [-0.2, 0) is 14.3 Å². The number of nitrogens with one attached hydrogen (secondary N) is 3. The molecule has 0 radical (unpaired) electrons. The molecule has 2 amide bonds. The lowest BCUT2D eigenvalue weighted by Crippen LogP contribution is -2.33. The fraction of sp³-hybridized carbons (Fsp3) is 0.600. The van der Waals surface area contributed by atoms with E-state index < -0.39 is 0 Å². The SMILES string of the molecule is COCCOCCNCC1CCC(Nc2nccc(/C=C3\SC(=O)NC3=O)n2)CC1. The molecule has 1 aliphatic heterocycles. The van der Waals surface area contributed by atoms with Crippen LogP contribution in [0.25, 0.3) is 6.08 Å². The molecule has 30 heavy (non-hydrogen) atoms. The second-order valence-electron chi connectivity index (χ2n) is 7.33. The molecule has 2 aliphatic rings. The number of thioether (sulfide) groups is 1. The smallest absolute Gasteiger partial charge is 0.290 e. The third kappa shape index (κ3) is 7.35. The van der Waals surface area contributed by atoms with E-state index in [-0.39, 0.29) is 11.1 Å². The van der Waals surface area contributed by atoms with Gasteiger partial charge < -0.3 is 20.1 Å². The van der Waals surface area contributed by atoms with Crippen LogP contribution in [0.3, 0.4) is 0 Å². The second kappa shape index (κ2) is 12.0. The van der Waals surface area contributed by atoms with Crippen molar-refractivity contribution in [3.63, 3.8) is 0 Å². The summed E-state index contributed by atoms with van der Waals surface area (Å²) >= 11 is 0.884. The van der Waals surface area contributed by atoms with Gasteiger partial charge in [0.15, 0.2) is 0 Å². The van der Waals surface area contributed by atoms with Gasteiger partial charge in [0.1, 0.15) is 0 Å². The predicted molar refractivity (Wildman–Crippen MR) is 116 cm³/mol. The molecule has 0 unspecified atom stereocenters. The molecule has 1 aromatic heterocycles. The van der Waals surface area contributed by atoms with E-state index in [9.17, 15) is 9.59 Å². The van der Waals surface area contributed by atoms with E-state index in [2.05, 4.69) is 25.9 Å². The number of carbonyl (C=O) groups is 2. The lowest BCUT2D eigenvalue weighted by Gasteiger charge is -2.29. The zero-order chi connectivity index (χ0) is 21.2. The summed E-state index contributed by atoms with van der Waals surface area (Å²) in [7, 11) is 1.67. The highest BCUT2D eigenvalue weighted by molar-refractivity contribution is 8.18. The number of methoxy groups -OCH3 is 1. The third-order valence-electron chi connectivity index (χ3n) is 5.07. The van der Waals surface area contributed by atoms with E-state index in [0.717, 1.165) is 50.5 Å². The molecule has 10 heteroatoms. The molecule has 2 fully saturated rings. The Bertz CT molecular complexity index is 752. The van der Waals surface area contributed by atoms with Gasteiger partial charge in [-0.15, -0.1) is 0 Å². The van der Waals surface area contributed by atoms with Crippen LogP contribution in [-0.4, -0.2) is 67.2 Å². The van der Waals surface area contributed by atoms with Gasteiger partial charge in [-0.1, -0.05) is 0 Å². The minimum Gasteiger partial charge on any atom is -0.382 e. The monoisotopic (exact) mass is 435 g/mol. The first-order valence-electron chi connectivity index (χ1n) is 10.3. The summed E-state index contributed by atoms with van der Waals surface area (Å²) in [5.41, 5.74) is 0.602. The molecule has 3 rings (SSSR count). The Hall–Kier alpha value is -2.01. The van der Waals surface area contributed by atoms with Gasteiger partial charge in [0.25, 0.3) is 11.1 Å². The third-order valence-corrected chi connectivity index (χ3v) is 5.88. The standard InChI is InChI=1S/C20H29N5O4S/c1-28-10-11-29-9-8-21-13-14-2-4-15(5-3-14)23-19-22-7-6-16(24-19)12-17-18(26)25-20(27)30-17/h6-7,12,14-15,21H,2-5,8-11,13H2,1H3,(H,22,23,24)(H,25,26,27)/b17-12-. The molecule has 1 aromatic rings. The van der Waals surface area contributed by atoms with Crippen molar-refractivity contribution in [1.29, 1.82) is 0 Å². The summed E-state index contributed by atoms with van der Waals surface area (Å²) in [6.07, 6.45) is 7.70. The lowest BCUT2D eigenvalue weighted by atomic mass is 9.86. The highest BCUT2D eigenvalue weighted by Crippen LogP contribution is 2.27. The van der Waals surface area contributed by atoms with Crippen molar-refractivity contribution in [2.45, 2.75) is 31.7 Å². The molecule has 3 N–H and O–H groups in total. The maximum absolute atomic E-state index is 11.7. The fourth-order valence-electron chi connectivity index (χ4n) is 3.47. The number of ether oxygens (including phenoxy) is 2. The highest BCUT2D eigenvalue weighted by atomic mass is 32.2. The molecule has 164 valence electrons. The van der Waals surface area contributed by atoms with Crippen molar-refractivity contribution in [2.24, 2.45) is 5.92 Å². The lowest BCUT2D eigenvalue weighted by molar-refractivity contribution is -0.115. The van der Waals surface area contributed by atoms with Crippen LogP contribution in [0.4, 0.5) is 10.7 Å². The first-order chi connectivity index (χ1) is 14.6. The molecule has 0 spiro atoms. The Kier molecular flexibility index (Phi) is 9.06. The summed E-state index contributed by atoms with van der Waals surface area (Å²) in [6.45, 7) is 3.85. The Morgan fingerprint density at radius 1 is 1.23 bits per heavy atom. The fourth-order valence-corrected chi connectivity index (χ4v) is 4.13. The number of hydrogen-bond donors (Lipinski definition) is 3. The van der Waals surface area contributed by atoms with E-state index in [4.69, 9.17) is 9.47 Å². The largest absolute Gasteiger partial charge is 0.382 e. The maximum Gasteiger partial charge on any atom is 0.290 e. The molecule has 1 saturated heterocycles.